The zero-order valence-corrected chi connectivity index (χ0v) is 21.1. The zero-order valence-electron chi connectivity index (χ0n) is 21.1. The Labute approximate surface area is 194 Å². The number of aliphatic carboxylic acids is 1. The largest absolute Gasteiger partial charge is 0.481 e. The van der Waals surface area contributed by atoms with Crippen LogP contribution in [0.4, 0.5) is 0 Å². The van der Waals surface area contributed by atoms with Crippen LogP contribution in [-0.4, -0.2) is 22.3 Å². The molecule has 0 radical (unpaired) electrons. The third-order valence-corrected chi connectivity index (χ3v) is 6.57. The van der Waals surface area contributed by atoms with Crippen LogP contribution in [0.1, 0.15) is 167 Å². The van der Waals surface area contributed by atoms with Gasteiger partial charge in [-0.2, -0.15) is 0 Å². The first-order valence-corrected chi connectivity index (χ1v) is 14.1. The fourth-order valence-corrected chi connectivity index (χ4v) is 4.44. The molecule has 186 valence electrons. The van der Waals surface area contributed by atoms with E-state index < -0.39 is 5.97 Å². The minimum Gasteiger partial charge on any atom is -0.481 e. The van der Waals surface area contributed by atoms with Crippen LogP contribution in [0.15, 0.2) is 0 Å². The number of carboxylic acids is 1. The van der Waals surface area contributed by atoms with Crippen LogP contribution < -0.4 is 0 Å². The number of rotatable bonds is 26. The predicted molar refractivity (Wildman–Crippen MR) is 135 cm³/mol. The number of carbonyl (C=O) groups is 1. The van der Waals surface area contributed by atoms with Crippen LogP contribution in [0.5, 0.6) is 0 Å². The summed E-state index contributed by atoms with van der Waals surface area (Å²) in [5, 5.41) is 18.7. The molecule has 1 unspecified atom stereocenters. The molecule has 2 N–H and O–H groups in total. The van der Waals surface area contributed by atoms with Crippen LogP contribution in [0.25, 0.3) is 0 Å². The van der Waals surface area contributed by atoms with Gasteiger partial charge < -0.3 is 10.2 Å². The number of hydrogen-bond acceptors (Lipinski definition) is 2. The van der Waals surface area contributed by atoms with Crippen molar-refractivity contribution in [1.29, 1.82) is 0 Å². The van der Waals surface area contributed by atoms with Crippen molar-refractivity contribution in [1.82, 2.24) is 0 Å². The predicted octanol–water partition coefficient (Wildman–Crippen LogP) is 9.20. The lowest BCUT2D eigenvalue weighted by molar-refractivity contribution is -0.137. The van der Waals surface area contributed by atoms with Crippen molar-refractivity contribution in [2.75, 3.05) is 0 Å². The number of unbranched alkanes of at least 4 members (excludes halogenated alkanes) is 20. The molecule has 0 saturated heterocycles. The van der Waals surface area contributed by atoms with E-state index in [2.05, 4.69) is 6.92 Å². The molecule has 31 heavy (non-hydrogen) atoms. The molecule has 3 heteroatoms. The molecule has 0 rings (SSSR count). The second kappa shape index (κ2) is 25.7. The molecule has 0 amide bonds. The second-order valence-corrected chi connectivity index (χ2v) is 9.80. The molecule has 0 saturated carbocycles. The van der Waals surface area contributed by atoms with Gasteiger partial charge in [0.05, 0.1) is 6.10 Å². The maximum atomic E-state index is 10.4. The van der Waals surface area contributed by atoms with Crippen molar-refractivity contribution in [3.8, 4) is 0 Å². The van der Waals surface area contributed by atoms with Crippen molar-refractivity contribution in [3.05, 3.63) is 0 Å². The highest BCUT2D eigenvalue weighted by Crippen LogP contribution is 2.16. The van der Waals surface area contributed by atoms with Gasteiger partial charge in [0.1, 0.15) is 0 Å². The first kappa shape index (κ1) is 30.4. The SMILES string of the molecule is CCCCCCCCCCCCCCCCCCCC(O)CCCCCCCC(=O)O. The second-order valence-electron chi connectivity index (χ2n) is 9.80. The smallest absolute Gasteiger partial charge is 0.303 e. The van der Waals surface area contributed by atoms with E-state index in [-0.39, 0.29) is 6.10 Å². The molecular formula is C28H56O3. The van der Waals surface area contributed by atoms with Gasteiger partial charge in [0, 0.05) is 6.42 Å². The first-order valence-electron chi connectivity index (χ1n) is 14.1. The van der Waals surface area contributed by atoms with Gasteiger partial charge in [-0.3, -0.25) is 4.79 Å². The molecule has 3 nitrogen and oxygen atoms in total. The summed E-state index contributed by atoms with van der Waals surface area (Å²) in [6.07, 6.45) is 30.8. The maximum Gasteiger partial charge on any atom is 0.303 e. The van der Waals surface area contributed by atoms with E-state index in [1.165, 1.54) is 103 Å². The number of hydrogen-bond donors (Lipinski definition) is 2. The van der Waals surface area contributed by atoms with Crippen LogP contribution >= 0.6 is 0 Å². The maximum absolute atomic E-state index is 10.4. The summed E-state index contributed by atoms with van der Waals surface area (Å²) in [6, 6.07) is 0. The van der Waals surface area contributed by atoms with Gasteiger partial charge in [-0.05, 0) is 19.3 Å². The van der Waals surface area contributed by atoms with Gasteiger partial charge in [0.25, 0.3) is 0 Å². The van der Waals surface area contributed by atoms with Crippen LogP contribution in [-0.2, 0) is 4.79 Å². The quantitative estimate of drug-likeness (QED) is 0.132. The monoisotopic (exact) mass is 440 g/mol. The van der Waals surface area contributed by atoms with Gasteiger partial charge in [-0.25, -0.2) is 0 Å². The lowest BCUT2D eigenvalue weighted by Gasteiger charge is -2.10. The normalized spacial score (nSPS) is 12.3. The molecule has 0 aromatic heterocycles. The summed E-state index contributed by atoms with van der Waals surface area (Å²) in [6.45, 7) is 2.29. The average molecular weight is 441 g/mol. The molecule has 1 atom stereocenters. The van der Waals surface area contributed by atoms with Crippen molar-refractivity contribution in [2.24, 2.45) is 0 Å². The summed E-state index contributed by atoms with van der Waals surface area (Å²) in [4.78, 5) is 10.4. The van der Waals surface area contributed by atoms with E-state index in [0.29, 0.717) is 6.42 Å². The number of aliphatic hydroxyl groups is 1. The molecule has 0 aromatic carbocycles. The van der Waals surface area contributed by atoms with E-state index in [0.717, 1.165) is 51.4 Å². The summed E-state index contributed by atoms with van der Waals surface area (Å²) >= 11 is 0. The fourth-order valence-electron chi connectivity index (χ4n) is 4.44. The minimum atomic E-state index is -0.690. The van der Waals surface area contributed by atoms with Gasteiger partial charge in [-0.15, -0.1) is 0 Å². The average Bonchev–Trinajstić information content (AvgIpc) is 2.75. The van der Waals surface area contributed by atoms with Crippen molar-refractivity contribution >= 4 is 5.97 Å². The zero-order chi connectivity index (χ0) is 22.8. The van der Waals surface area contributed by atoms with Crippen LogP contribution in [0.2, 0.25) is 0 Å². The summed E-state index contributed by atoms with van der Waals surface area (Å²) in [5.74, 6) is -0.690. The lowest BCUT2D eigenvalue weighted by atomic mass is 10.0. The molecule has 0 heterocycles. The topological polar surface area (TPSA) is 57.5 Å². The molecule has 0 aromatic rings. The third kappa shape index (κ3) is 27.4. The molecule has 0 spiro atoms. The Kier molecular flexibility index (Phi) is 25.2. The molecular weight excluding hydrogens is 384 g/mol. The Hall–Kier alpha value is -0.570. The molecule has 0 fully saturated rings. The molecule has 0 aliphatic rings. The van der Waals surface area contributed by atoms with Crippen molar-refractivity contribution in [3.63, 3.8) is 0 Å². The summed E-state index contributed by atoms with van der Waals surface area (Å²) in [5.41, 5.74) is 0. The Bertz CT molecular complexity index is 356. The van der Waals surface area contributed by atoms with Gasteiger partial charge in [0.2, 0.25) is 0 Å². The molecule has 0 bridgehead atoms. The number of carboxylic acid groups (broad SMARTS) is 1. The Balaban J connectivity index is 3.13. The summed E-state index contributed by atoms with van der Waals surface area (Å²) in [7, 11) is 0. The van der Waals surface area contributed by atoms with E-state index in [1.54, 1.807) is 0 Å². The molecule has 0 aliphatic carbocycles. The first-order chi connectivity index (χ1) is 15.2. The highest BCUT2D eigenvalue weighted by Gasteiger charge is 2.04. The third-order valence-electron chi connectivity index (χ3n) is 6.57. The lowest BCUT2D eigenvalue weighted by Crippen LogP contribution is -2.05. The minimum absolute atomic E-state index is 0.129. The summed E-state index contributed by atoms with van der Waals surface area (Å²) < 4.78 is 0. The van der Waals surface area contributed by atoms with Gasteiger partial charge in [0.15, 0.2) is 0 Å². The van der Waals surface area contributed by atoms with Gasteiger partial charge in [-0.1, -0.05) is 142 Å². The highest BCUT2D eigenvalue weighted by molar-refractivity contribution is 5.66. The van der Waals surface area contributed by atoms with E-state index in [1.807, 2.05) is 0 Å². The van der Waals surface area contributed by atoms with E-state index >= 15 is 0 Å². The standard InChI is InChI=1S/C28H56O3/c1-2-3-4-5-6-7-8-9-10-11-12-13-14-15-16-18-21-24-27(29)25-22-19-17-20-23-26-28(30)31/h27,29H,2-26H2,1H3,(H,30,31). The van der Waals surface area contributed by atoms with E-state index in [4.69, 9.17) is 5.11 Å². The van der Waals surface area contributed by atoms with Gasteiger partial charge >= 0.3 is 5.97 Å². The highest BCUT2D eigenvalue weighted by atomic mass is 16.4. The van der Waals surface area contributed by atoms with Crippen molar-refractivity contribution < 1.29 is 15.0 Å². The van der Waals surface area contributed by atoms with Crippen molar-refractivity contribution in [2.45, 2.75) is 174 Å². The van der Waals surface area contributed by atoms with Crippen LogP contribution in [0.3, 0.4) is 0 Å². The Morgan fingerprint density at radius 2 is 0.806 bits per heavy atom. The Morgan fingerprint density at radius 1 is 0.516 bits per heavy atom. The number of aliphatic hydroxyl groups excluding tert-OH is 1. The van der Waals surface area contributed by atoms with E-state index in [9.17, 15) is 9.90 Å². The fraction of sp³-hybridized carbons (Fsp3) is 0.964. The van der Waals surface area contributed by atoms with Crippen LogP contribution in [0, 0.1) is 0 Å². The molecule has 0 aliphatic heterocycles. The Morgan fingerprint density at radius 3 is 1.13 bits per heavy atom.